The number of Topliss-reactive ketones (excluding diaryl/α,β-unsaturated/α-hetero) is 1. The van der Waals surface area contributed by atoms with E-state index in [0.717, 1.165) is 44.9 Å². The van der Waals surface area contributed by atoms with Crippen LogP contribution in [0.25, 0.3) is 0 Å². The quantitative estimate of drug-likeness (QED) is 0.520. The highest BCUT2D eigenvalue weighted by atomic mass is 16.5. The Morgan fingerprint density at radius 2 is 1.38 bits per heavy atom. The third-order valence-corrected chi connectivity index (χ3v) is 6.59. The van der Waals surface area contributed by atoms with E-state index in [1.807, 2.05) is 0 Å². The van der Waals surface area contributed by atoms with Crippen LogP contribution < -0.4 is 0 Å². The second-order valence-corrected chi connectivity index (χ2v) is 8.18. The highest BCUT2D eigenvalue weighted by molar-refractivity contribution is 5.84. The van der Waals surface area contributed by atoms with Crippen molar-refractivity contribution >= 4 is 11.8 Å². The lowest BCUT2D eigenvalue weighted by molar-refractivity contribution is -0.147. The van der Waals surface area contributed by atoms with Crippen molar-refractivity contribution in [3.8, 4) is 0 Å². The zero-order valence-corrected chi connectivity index (χ0v) is 16.1. The van der Waals surface area contributed by atoms with E-state index in [4.69, 9.17) is 4.74 Å². The minimum atomic E-state index is -0.104. The molecule has 6 unspecified atom stereocenters. The van der Waals surface area contributed by atoms with Gasteiger partial charge in [-0.3, -0.25) is 9.59 Å². The molecule has 0 bridgehead atoms. The number of carbonyl (C=O) groups is 2. The summed E-state index contributed by atoms with van der Waals surface area (Å²) < 4.78 is 5.03. The van der Waals surface area contributed by atoms with E-state index in [1.54, 1.807) is 0 Å². The first-order valence-corrected chi connectivity index (χ1v) is 10.2. The number of rotatable bonds is 5. The van der Waals surface area contributed by atoms with Gasteiger partial charge < -0.3 is 4.74 Å². The molecule has 3 heteroatoms. The van der Waals surface area contributed by atoms with Gasteiger partial charge >= 0.3 is 5.97 Å². The van der Waals surface area contributed by atoms with E-state index in [2.05, 4.69) is 43.4 Å². The van der Waals surface area contributed by atoms with Crippen LogP contribution in [0.15, 0.2) is 36.5 Å². The summed E-state index contributed by atoms with van der Waals surface area (Å²) in [7, 11) is 1.47. The second-order valence-electron chi connectivity index (χ2n) is 8.18. The van der Waals surface area contributed by atoms with Gasteiger partial charge in [0, 0.05) is 11.8 Å². The van der Waals surface area contributed by atoms with Crippen LogP contribution in [0.2, 0.25) is 0 Å². The maximum absolute atomic E-state index is 13.3. The average Bonchev–Trinajstić information content (AvgIpc) is 2.68. The first kappa shape index (κ1) is 19.1. The lowest BCUT2D eigenvalue weighted by atomic mass is 9.68. The monoisotopic (exact) mass is 356 g/mol. The van der Waals surface area contributed by atoms with Gasteiger partial charge in [-0.2, -0.15) is 0 Å². The maximum Gasteiger partial charge on any atom is 0.309 e. The van der Waals surface area contributed by atoms with Gasteiger partial charge in [0.25, 0.3) is 0 Å². The molecule has 3 rings (SSSR count). The van der Waals surface area contributed by atoms with Crippen LogP contribution in [0.1, 0.15) is 51.9 Å². The topological polar surface area (TPSA) is 43.4 Å². The predicted molar refractivity (Wildman–Crippen MR) is 103 cm³/mol. The maximum atomic E-state index is 13.3. The summed E-state index contributed by atoms with van der Waals surface area (Å²) in [5, 5.41) is 0. The summed E-state index contributed by atoms with van der Waals surface area (Å²) >= 11 is 0. The van der Waals surface area contributed by atoms with E-state index in [1.165, 1.54) is 7.11 Å². The second kappa shape index (κ2) is 8.83. The van der Waals surface area contributed by atoms with Gasteiger partial charge in [-0.25, -0.2) is 0 Å². The van der Waals surface area contributed by atoms with Gasteiger partial charge in [0.15, 0.2) is 0 Å². The molecule has 0 aromatic carbocycles. The molecule has 0 saturated heterocycles. The number of hydrogen-bond acceptors (Lipinski definition) is 3. The molecule has 0 amide bonds. The van der Waals surface area contributed by atoms with Crippen LogP contribution in [0.5, 0.6) is 0 Å². The standard InChI is InChI=1S/C23H32O3/c1-16-9-3-6-12-19(16)22(24)20-13-7-4-10-17(20)15-18-11-5-8-14-21(18)23(25)26-2/h3-5,9-11,16-21H,6-8,12-15H2,1-2H3. The van der Waals surface area contributed by atoms with Gasteiger partial charge in [0.1, 0.15) is 5.78 Å². The van der Waals surface area contributed by atoms with Crippen LogP contribution >= 0.6 is 0 Å². The predicted octanol–water partition coefficient (Wildman–Crippen LogP) is 4.89. The van der Waals surface area contributed by atoms with Crippen molar-refractivity contribution in [2.75, 3.05) is 7.11 Å². The molecule has 0 heterocycles. The minimum absolute atomic E-state index is 0.0624. The summed E-state index contributed by atoms with van der Waals surface area (Å²) in [6, 6.07) is 0. The van der Waals surface area contributed by atoms with Crippen LogP contribution in [-0.2, 0) is 14.3 Å². The molecule has 0 aliphatic heterocycles. The van der Waals surface area contributed by atoms with Gasteiger partial charge in [0.2, 0.25) is 0 Å². The summed E-state index contributed by atoms with van der Waals surface area (Å²) in [5.41, 5.74) is 0. The Morgan fingerprint density at radius 3 is 2.00 bits per heavy atom. The van der Waals surface area contributed by atoms with Crippen molar-refractivity contribution in [3.63, 3.8) is 0 Å². The SMILES string of the molecule is COC(=O)C1CCC=CC1CC1C=CCCC1C(=O)C1CCC=CC1C. The summed E-state index contributed by atoms with van der Waals surface area (Å²) in [6.45, 7) is 2.17. The number of carbonyl (C=O) groups excluding carboxylic acids is 2. The molecule has 26 heavy (non-hydrogen) atoms. The van der Waals surface area contributed by atoms with Crippen molar-refractivity contribution < 1.29 is 14.3 Å². The number of esters is 1. The fourth-order valence-corrected chi connectivity index (χ4v) is 5.05. The van der Waals surface area contributed by atoms with Crippen molar-refractivity contribution in [2.45, 2.75) is 51.9 Å². The van der Waals surface area contributed by atoms with E-state index < -0.39 is 0 Å². The zero-order valence-electron chi connectivity index (χ0n) is 16.1. The van der Waals surface area contributed by atoms with E-state index in [9.17, 15) is 9.59 Å². The molecule has 0 saturated carbocycles. The van der Waals surface area contributed by atoms with Crippen LogP contribution in [0, 0.1) is 35.5 Å². The smallest absolute Gasteiger partial charge is 0.309 e. The van der Waals surface area contributed by atoms with Gasteiger partial charge in [-0.15, -0.1) is 0 Å². The number of ether oxygens (including phenoxy) is 1. The molecular weight excluding hydrogens is 324 g/mol. The molecule has 6 atom stereocenters. The van der Waals surface area contributed by atoms with Gasteiger partial charge in [-0.1, -0.05) is 43.4 Å². The Labute approximate surface area is 157 Å². The molecular formula is C23H32O3. The van der Waals surface area contributed by atoms with E-state index in [-0.39, 0.29) is 35.6 Å². The Morgan fingerprint density at radius 1 is 0.846 bits per heavy atom. The molecule has 0 N–H and O–H groups in total. The first-order valence-electron chi connectivity index (χ1n) is 10.2. The molecule has 0 aromatic rings. The number of hydrogen-bond donors (Lipinski definition) is 0. The Kier molecular flexibility index (Phi) is 6.50. The third-order valence-electron chi connectivity index (χ3n) is 6.59. The molecule has 0 aromatic heterocycles. The number of ketones is 1. The van der Waals surface area contributed by atoms with Crippen LogP contribution in [-0.4, -0.2) is 18.9 Å². The summed E-state index contributed by atoms with van der Waals surface area (Å²) in [5.74, 6) is 1.33. The molecule has 3 aliphatic carbocycles. The van der Waals surface area contributed by atoms with Gasteiger partial charge in [0.05, 0.1) is 13.0 Å². The van der Waals surface area contributed by atoms with Crippen molar-refractivity contribution in [1.82, 2.24) is 0 Å². The Balaban J connectivity index is 1.73. The van der Waals surface area contributed by atoms with Crippen LogP contribution in [0.4, 0.5) is 0 Å². The lowest BCUT2D eigenvalue weighted by Gasteiger charge is -2.35. The van der Waals surface area contributed by atoms with Crippen molar-refractivity contribution in [1.29, 1.82) is 0 Å². The third kappa shape index (κ3) is 4.19. The summed E-state index contributed by atoms with van der Waals surface area (Å²) in [4.78, 5) is 25.5. The average molecular weight is 357 g/mol. The molecule has 3 aliphatic rings. The molecule has 142 valence electrons. The molecule has 0 spiro atoms. The summed E-state index contributed by atoms with van der Waals surface area (Å²) in [6.07, 6.45) is 19.8. The van der Waals surface area contributed by atoms with E-state index in [0.29, 0.717) is 11.7 Å². The molecule has 3 nitrogen and oxygen atoms in total. The first-order chi connectivity index (χ1) is 12.6. The zero-order chi connectivity index (χ0) is 18.5. The Hall–Kier alpha value is -1.64. The van der Waals surface area contributed by atoms with Gasteiger partial charge in [-0.05, 0) is 62.7 Å². The number of methoxy groups -OCH3 is 1. The highest BCUT2D eigenvalue weighted by Gasteiger charge is 2.38. The fourth-order valence-electron chi connectivity index (χ4n) is 5.05. The Bertz CT molecular complexity index is 601. The largest absolute Gasteiger partial charge is 0.469 e. The van der Waals surface area contributed by atoms with E-state index >= 15 is 0 Å². The molecule has 0 radical (unpaired) electrons. The fraction of sp³-hybridized carbons (Fsp3) is 0.652. The van der Waals surface area contributed by atoms with Crippen LogP contribution in [0.3, 0.4) is 0 Å². The van der Waals surface area contributed by atoms with Crippen molar-refractivity contribution in [2.24, 2.45) is 35.5 Å². The molecule has 0 fully saturated rings. The number of allylic oxidation sites excluding steroid dienone is 6. The normalized spacial score (nSPS) is 36.7. The lowest BCUT2D eigenvalue weighted by Crippen LogP contribution is -2.36. The minimum Gasteiger partial charge on any atom is -0.469 e. The van der Waals surface area contributed by atoms with Crippen molar-refractivity contribution in [3.05, 3.63) is 36.5 Å². The highest BCUT2D eigenvalue weighted by Crippen LogP contribution is 2.39.